The molecule has 2 aliphatic rings. The Kier molecular flexibility index (Phi) is 4.24. The van der Waals surface area contributed by atoms with Crippen molar-refractivity contribution in [3.63, 3.8) is 0 Å². The van der Waals surface area contributed by atoms with Gasteiger partial charge in [0.1, 0.15) is 0 Å². The summed E-state index contributed by atoms with van der Waals surface area (Å²) in [6, 6.07) is 9.06. The number of rotatable bonds is 1. The number of fused-ring (bicyclic) bond motifs is 1. The largest absolute Gasteiger partial charge is 0.335 e. The summed E-state index contributed by atoms with van der Waals surface area (Å²) in [7, 11) is 0. The van der Waals surface area contributed by atoms with Crippen LogP contribution in [-0.4, -0.2) is 30.1 Å². The second-order valence-corrected chi connectivity index (χ2v) is 6.06. The van der Waals surface area contributed by atoms with Crippen LogP contribution in [0.2, 0.25) is 0 Å². The average Bonchev–Trinajstić information content (AvgIpc) is 2.76. The first-order valence-electron chi connectivity index (χ1n) is 7.95. The van der Waals surface area contributed by atoms with Gasteiger partial charge >= 0.3 is 6.03 Å². The summed E-state index contributed by atoms with van der Waals surface area (Å²) >= 11 is 0. The van der Waals surface area contributed by atoms with Gasteiger partial charge in [0.05, 0.1) is 0 Å². The van der Waals surface area contributed by atoms with Gasteiger partial charge in [-0.3, -0.25) is 0 Å². The smallest absolute Gasteiger partial charge is 0.317 e. The van der Waals surface area contributed by atoms with Crippen LogP contribution in [0.4, 0.5) is 4.79 Å². The number of amides is 2. The molecule has 0 saturated carbocycles. The van der Waals surface area contributed by atoms with Crippen LogP contribution in [0.25, 0.3) is 0 Å². The highest BCUT2D eigenvalue weighted by Crippen LogP contribution is 2.21. The summed E-state index contributed by atoms with van der Waals surface area (Å²) in [5, 5.41) is 3.24. The molecule has 1 saturated heterocycles. The molecule has 1 aliphatic carbocycles. The third-order valence-electron chi connectivity index (χ3n) is 4.57. The number of urea groups is 1. The Bertz CT molecular complexity index is 464. The number of carbonyl (C=O) groups is 1. The van der Waals surface area contributed by atoms with E-state index < -0.39 is 0 Å². The van der Waals surface area contributed by atoms with Gasteiger partial charge in [0.25, 0.3) is 0 Å². The molecule has 3 nitrogen and oxygen atoms in total. The maximum atomic E-state index is 12.3. The molecule has 0 bridgehead atoms. The van der Waals surface area contributed by atoms with Crippen molar-refractivity contribution in [3.05, 3.63) is 35.4 Å². The summed E-state index contributed by atoms with van der Waals surface area (Å²) < 4.78 is 0. The first-order valence-corrected chi connectivity index (χ1v) is 7.95. The second-order valence-electron chi connectivity index (χ2n) is 6.06. The van der Waals surface area contributed by atoms with E-state index in [9.17, 15) is 4.79 Å². The molecule has 2 amide bonds. The monoisotopic (exact) mass is 272 g/mol. The summed E-state index contributed by atoms with van der Waals surface area (Å²) in [6.07, 6.45) is 7.97. The number of likely N-dealkylation sites (tertiary alicyclic amines) is 1. The van der Waals surface area contributed by atoms with E-state index >= 15 is 0 Å². The highest BCUT2D eigenvalue weighted by molar-refractivity contribution is 5.74. The predicted octanol–water partition coefficient (Wildman–Crippen LogP) is 3.13. The van der Waals surface area contributed by atoms with Crippen molar-refractivity contribution in [2.24, 2.45) is 0 Å². The lowest BCUT2D eigenvalue weighted by molar-refractivity contribution is 0.194. The molecule has 1 unspecified atom stereocenters. The molecular formula is C17H24N2O. The zero-order valence-electron chi connectivity index (χ0n) is 12.1. The molecule has 1 N–H and O–H groups in total. The van der Waals surface area contributed by atoms with Crippen LogP contribution in [0.3, 0.4) is 0 Å². The lowest BCUT2D eigenvalue weighted by atomic mass is 9.88. The average molecular weight is 272 g/mol. The van der Waals surface area contributed by atoms with Crippen molar-refractivity contribution in [2.45, 2.75) is 51.0 Å². The molecule has 3 heteroatoms. The van der Waals surface area contributed by atoms with Gasteiger partial charge in [0.15, 0.2) is 0 Å². The molecule has 1 fully saturated rings. The SMILES string of the molecule is O=C(NC1CCc2ccccc2C1)N1CCCCCC1. The Morgan fingerprint density at radius 3 is 2.50 bits per heavy atom. The molecular weight excluding hydrogens is 248 g/mol. The quantitative estimate of drug-likeness (QED) is 0.837. The fraction of sp³-hybridized carbons (Fsp3) is 0.588. The minimum Gasteiger partial charge on any atom is -0.335 e. The molecule has 108 valence electrons. The van der Waals surface area contributed by atoms with Gasteiger partial charge in [-0.05, 0) is 43.2 Å². The van der Waals surface area contributed by atoms with E-state index in [2.05, 4.69) is 29.6 Å². The van der Waals surface area contributed by atoms with Crippen molar-refractivity contribution in [2.75, 3.05) is 13.1 Å². The number of nitrogens with zero attached hydrogens (tertiary/aromatic N) is 1. The van der Waals surface area contributed by atoms with E-state index in [1.54, 1.807) is 0 Å². The number of hydrogen-bond donors (Lipinski definition) is 1. The minimum absolute atomic E-state index is 0.149. The summed E-state index contributed by atoms with van der Waals surface area (Å²) in [4.78, 5) is 14.4. The van der Waals surface area contributed by atoms with Crippen LogP contribution < -0.4 is 5.32 Å². The zero-order valence-corrected chi connectivity index (χ0v) is 12.1. The molecule has 1 aromatic carbocycles. The summed E-state index contributed by atoms with van der Waals surface area (Å²) in [6.45, 7) is 1.85. The van der Waals surface area contributed by atoms with Crippen molar-refractivity contribution < 1.29 is 4.79 Å². The van der Waals surface area contributed by atoms with Crippen LogP contribution in [0, 0.1) is 0 Å². The van der Waals surface area contributed by atoms with Crippen molar-refractivity contribution in [1.29, 1.82) is 0 Å². The molecule has 20 heavy (non-hydrogen) atoms. The highest BCUT2D eigenvalue weighted by atomic mass is 16.2. The molecule has 0 spiro atoms. The third kappa shape index (κ3) is 3.14. The maximum absolute atomic E-state index is 12.3. The molecule has 1 heterocycles. The molecule has 0 radical (unpaired) electrons. The summed E-state index contributed by atoms with van der Waals surface area (Å²) in [5.41, 5.74) is 2.85. The second kappa shape index (κ2) is 6.29. The summed E-state index contributed by atoms with van der Waals surface area (Å²) in [5.74, 6) is 0. The Labute approximate surface area is 121 Å². The first-order chi connectivity index (χ1) is 9.83. The molecule has 1 aromatic rings. The van der Waals surface area contributed by atoms with Crippen molar-refractivity contribution >= 4 is 6.03 Å². The molecule has 1 atom stereocenters. The predicted molar refractivity (Wildman–Crippen MR) is 80.8 cm³/mol. The Morgan fingerprint density at radius 2 is 1.75 bits per heavy atom. The van der Waals surface area contributed by atoms with Crippen LogP contribution in [0.1, 0.15) is 43.2 Å². The van der Waals surface area contributed by atoms with Gasteiger partial charge in [0, 0.05) is 19.1 Å². The van der Waals surface area contributed by atoms with Gasteiger partial charge in [-0.1, -0.05) is 37.1 Å². The zero-order chi connectivity index (χ0) is 13.8. The molecule has 0 aromatic heterocycles. The first kappa shape index (κ1) is 13.5. The van der Waals surface area contributed by atoms with Crippen LogP contribution in [0.5, 0.6) is 0 Å². The number of nitrogens with one attached hydrogen (secondary N) is 1. The fourth-order valence-electron chi connectivity index (χ4n) is 3.36. The van der Waals surface area contributed by atoms with Crippen LogP contribution in [-0.2, 0) is 12.8 Å². The highest BCUT2D eigenvalue weighted by Gasteiger charge is 2.22. The van der Waals surface area contributed by atoms with Gasteiger partial charge < -0.3 is 10.2 Å². The van der Waals surface area contributed by atoms with E-state index in [0.29, 0.717) is 6.04 Å². The number of carbonyl (C=O) groups excluding carboxylic acids is 1. The standard InChI is InChI=1S/C17H24N2O/c20-17(19-11-5-1-2-6-12-19)18-16-10-9-14-7-3-4-8-15(14)13-16/h3-4,7-8,16H,1-2,5-6,9-13H2,(H,18,20). The van der Waals surface area contributed by atoms with Gasteiger partial charge in [-0.2, -0.15) is 0 Å². The normalized spacial score (nSPS) is 22.8. The Morgan fingerprint density at radius 1 is 1.05 bits per heavy atom. The lowest BCUT2D eigenvalue weighted by Gasteiger charge is -2.29. The Hall–Kier alpha value is -1.51. The van der Waals surface area contributed by atoms with E-state index in [4.69, 9.17) is 0 Å². The van der Waals surface area contributed by atoms with Gasteiger partial charge in [-0.15, -0.1) is 0 Å². The lowest BCUT2D eigenvalue weighted by Crippen LogP contribution is -2.47. The number of hydrogen-bond acceptors (Lipinski definition) is 1. The van der Waals surface area contributed by atoms with Crippen molar-refractivity contribution in [1.82, 2.24) is 10.2 Å². The van der Waals surface area contributed by atoms with E-state index in [-0.39, 0.29) is 6.03 Å². The maximum Gasteiger partial charge on any atom is 0.317 e. The number of benzene rings is 1. The van der Waals surface area contributed by atoms with E-state index in [0.717, 1.165) is 45.2 Å². The van der Waals surface area contributed by atoms with Crippen LogP contribution in [0.15, 0.2) is 24.3 Å². The van der Waals surface area contributed by atoms with Gasteiger partial charge in [-0.25, -0.2) is 4.79 Å². The molecule has 1 aliphatic heterocycles. The van der Waals surface area contributed by atoms with Crippen molar-refractivity contribution in [3.8, 4) is 0 Å². The molecule has 3 rings (SSSR count). The van der Waals surface area contributed by atoms with Gasteiger partial charge in [0.2, 0.25) is 0 Å². The van der Waals surface area contributed by atoms with E-state index in [1.807, 2.05) is 4.90 Å². The topological polar surface area (TPSA) is 32.3 Å². The Balaban J connectivity index is 1.57. The van der Waals surface area contributed by atoms with Crippen LogP contribution >= 0.6 is 0 Å². The van der Waals surface area contributed by atoms with E-state index in [1.165, 1.54) is 24.0 Å². The minimum atomic E-state index is 0.149. The fourth-order valence-corrected chi connectivity index (χ4v) is 3.36. The number of aryl methyl sites for hydroxylation is 1. The third-order valence-corrected chi connectivity index (χ3v) is 4.57.